The van der Waals surface area contributed by atoms with Crippen LogP contribution in [0.1, 0.15) is 48.5 Å². The topological polar surface area (TPSA) is 71.6 Å². The molecule has 1 atom stereocenters. The molecule has 3 N–H and O–H groups in total. The van der Waals surface area contributed by atoms with Gasteiger partial charge in [0.1, 0.15) is 0 Å². The summed E-state index contributed by atoms with van der Waals surface area (Å²) >= 11 is 0. The van der Waals surface area contributed by atoms with Gasteiger partial charge in [-0.05, 0) is 13.8 Å². The number of rotatable bonds is 15. The number of amides is 1. The van der Waals surface area contributed by atoms with Crippen LogP contribution in [0.25, 0.3) is 0 Å². The number of hydrogen-bond donors (Lipinski definition) is 3. The SMILES string of the molecule is CC(C)NCCOCCNCCOC(C)(C)C(C)CNC(=O)C(C)C. The lowest BCUT2D eigenvalue weighted by atomic mass is 9.92. The summed E-state index contributed by atoms with van der Waals surface area (Å²) in [5.74, 6) is 0.351. The maximum Gasteiger partial charge on any atom is 0.222 e. The fourth-order valence-electron chi connectivity index (χ4n) is 2.02. The zero-order chi connectivity index (χ0) is 19.3. The van der Waals surface area contributed by atoms with E-state index in [9.17, 15) is 4.79 Å². The van der Waals surface area contributed by atoms with Gasteiger partial charge in [0.05, 0.1) is 25.4 Å². The van der Waals surface area contributed by atoms with Crippen molar-refractivity contribution >= 4 is 5.91 Å². The molecule has 0 aromatic heterocycles. The van der Waals surface area contributed by atoms with Crippen molar-refractivity contribution in [3.63, 3.8) is 0 Å². The van der Waals surface area contributed by atoms with Crippen LogP contribution < -0.4 is 16.0 Å². The lowest BCUT2D eigenvalue weighted by molar-refractivity contribution is -0.124. The van der Waals surface area contributed by atoms with E-state index in [0.717, 1.165) is 26.2 Å². The average molecular weight is 360 g/mol. The molecule has 1 amide bonds. The van der Waals surface area contributed by atoms with Crippen molar-refractivity contribution in [2.45, 2.75) is 60.1 Å². The molecule has 0 aromatic carbocycles. The van der Waals surface area contributed by atoms with E-state index in [2.05, 4.69) is 50.6 Å². The summed E-state index contributed by atoms with van der Waals surface area (Å²) < 4.78 is 11.5. The Balaban J connectivity index is 3.66. The molecule has 0 radical (unpaired) electrons. The van der Waals surface area contributed by atoms with Gasteiger partial charge in [-0.2, -0.15) is 0 Å². The van der Waals surface area contributed by atoms with E-state index in [1.54, 1.807) is 0 Å². The molecule has 0 rings (SSSR count). The number of carbonyl (C=O) groups excluding carboxylic acids is 1. The molecule has 0 fully saturated rings. The molecular formula is C19H41N3O3. The highest BCUT2D eigenvalue weighted by molar-refractivity contribution is 5.77. The lowest BCUT2D eigenvalue weighted by Gasteiger charge is -2.32. The minimum Gasteiger partial charge on any atom is -0.379 e. The monoisotopic (exact) mass is 359 g/mol. The van der Waals surface area contributed by atoms with Crippen LogP contribution in [0.15, 0.2) is 0 Å². The summed E-state index contributed by atoms with van der Waals surface area (Å²) in [6, 6.07) is 0.503. The van der Waals surface area contributed by atoms with Gasteiger partial charge < -0.3 is 25.4 Å². The van der Waals surface area contributed by atoms with Gasteiger partial charge in [-0.25, -0.2) is 0 Å². The molecule has 6 nitrogen and oxygen atoms in total. The molecule has 0 spiro atoms. The van der Waals surface area contributed by atoms with Crippen LogP contribution in [0.5, 0.6) is 0 Å². The quantitative estimate of drug-likeness (QED) is 0.389. The van der Waals surface area contributed by atoms with Gasteiger partial charge in [-0.1, -0.05) is 34.6 Å². The second-order valence-corrected chi connectivity index (χ2v) is 7.72. The van der Waals surface area contributed by atoms with Gasteiger partial charge in [-0.15, -0.1) is 0 Å². The van der Waals surface area contributed by atoms with Crippen LogP contribution in [0.4, 0.5) is 0 Å². The number of hydrogen-bond acceptors (Lipinski definition) is 5. The maximum absolute atomic E-state index is 11.7. The Hall–Kier alpha value is -0.690. The maximum atomic E-state index is 11.7. The van der Waals surface area contributed by atoms with Crippen molar-refractivity contribution in [2.75, 3.05) is 46.0 Å². The molecule has 0 saturated carbocycles. The van der Waals surface area contributed by atoms with Crippen LogP contribution in [-0.2, 0) is 14.3 Å². The highest BCUT2D eigenvalue weighted by Crippen LogP contribution is 2.20. The molecule has 6 heteroatoms. The number of nitrogens with one attached hydrogen (secondary N) is 3. The Labute approximate surface area is 154 Å². The summed E-state index contributed by atoms with van der Waals surface area (Å²) in [6.45, 7) is 19.5. The molecule has 1 unspecified atom stereocenters. The first-order valence-corrected chi connectivity index (χ1v) is 9.60. The van der Waals surface area contributed by atoms with Crippen molar-refractivity contribution < 1.29 is 14.3 Å². The predicted molar refractivity (Wildman–Crippen MR) is 104 cm³/mol. The van der Waals surface area contributed by atoms with Crippen LogP contribution >= 0.6 is 0 Å². The summed E-state index contributed by atoms with van der Waals surface area (Å²) in [6.07, 6.45) is 0. The Bertz CT molecular complexity index is 347. The largest absolute Gasteiger partial charge is 0.379 e. The summed E-state index contributed by atoms with van der Waals surface area (Å²) in [7, 11) is 0. The van der Waals surface area contributed by atoms with Crippen LogP contribution in [0.2, 0.25) is 0 Å². The van der Waals surface area contributed by atoms with E-state index in [1.807, 2.05) is 13.8 Å². The Morgan fingerprint density at radius 1 is 0.960 bits per heavy atom. The lowest BCUT2D eigenvalue weighted by Crippen LogP contribution is -2.42. The standard InChI is InChI=1S/C19H41N3O3/c1-15(2)18(23)22-14-17(5)19(6,7)25-13-9-20-8-11-24-12-10-21-16(3)4/h15-17,20-21H,8-14H2,1-7H3,(H,22,23). The van der Waals surface area contributed by atoms with Gasteiger partial charge in [0.2, 0.25) is 5.91 Å². The summed E-state index contributed by atoms with van der Waals surface area (Å²) in [5, 5.41) is 9.61. The first-order valence-electron chi connectivity index (χ1n) is 9.60. The third kappa shape index (κ3) is 13.2. The summed E-state index contributed by atoms with van der Waals surface area (Å²) in [4.78, 5) is 11.7. The molecule has 25 heavy (non-hydrogen) atoms. The summed E-state index contributed by atoms with van der Waals surface area (Å²) in [5.41, 5.74) is -0.273. The average Bonchev–Trinajstić information content (AvgIpc) is 2.53. The minimum absolute atomic E-state index is 0.0174. The van der Waals surface area contributed by atoms with Crippen LogP contribution in [0, 0.1) is 11.8 Å². The first kappa shape index (κ1) is 24.3. The molecule has 0 aromatic rings. The number of carbonyl (C=O) groups is 1. The number of ether oxygens (including phenoxy) is 2. The molecule has 0 bridgehead atoms. The van der Waals surface area contributed by atoms with E-state index >= 15 is 0 Å². The fourth-order valence-corrected chi connectivity index (χ4v) is 2.02. The van der Waals surface area contributed by atoms with Crippen molar-refractivity contribution in [3.8, 4) is 0 Å². The molecule has 0 saturated heterocycles. The zero-order valence-corrected chi connectivity index (χ0v) is 17.4. The Kier molecular flexibility index (Phi) is 13.1. The molecule has 0 aliphatic rings. The van der Waals surface area contributed by atoms with E-state index in [4.69, 9.17) is 9.47 Å². The third-order valence-corrected chi connectivity index (χ3v) is 4.27. The minimum atomic E-state index is -0.273. The smallest absolute Gasteiger partial charge is 0.222 e. The molecule has 0 aliphatic carbocycles. The highest BCUT2D eigenvalue weighted by atomic mass is 16.5. The van der Waals surface area contributed by atoms with Gasteiger partial charge in [0.25, 0.3) is 0 Å². The van der Waals surface area contributed by atoms with Gasteiger partial charge in [-0.3, -0.25) is 4.79 Å². The second-order valence-electron chi connectivity index (χ2n) is 7.72. The van der Waals surface area contributed by atoms with E-state index < -0.39 is 0 Å². The molecule has 150 valence electrons. The van der Waals surface area contributed by atoms with E-state index in [1.165, 1.54) is 0 Å². The second kappa shape index (κ2) is 13.5. The first-order chi connectivity index (χ1) is 11.7. The Morgan fingerprint density at radius 2 is 1.56 bits per heavy atom. The van der Waals surface area contributed by atoms with Crippen molar-refractivity contribution in [2.24, 2.45) is 11.8 Å². The third-order valence-electron chi connectivity index (χ3n) is 4.27. The molecule has 0 heterocycles. The van der Waals surface area contributed by atoms with Crippen LogP contribution in [0.3, 0.4) is 0 Å². The normalized spacial score (nSPS) is 13.5. The Morgan fingerprint density at radius 3 is 2.16 bits per heavy atom. The van der Waals surface area contributed by atoms with E-state index in [0.29, 0.717) is 25.8 Å². The van der Waals surface area contributed by atoms with Gasteiger partial charge in [0.15, 0.2) is 0 Å². The molecule has 0 aliphatic heterocycles. The fraction of sp³-hybridized carbons (Fsp3) is 0.947. The highest BCUT2D eigenvalue weighted by Gasteiger charge is 2.27. The predicted octanol–water partition coefficient (Wildman–Crippen LogP) is 1.79. The van der Waals surface area contributed by atoms with Crippen molar-refractivity contribution in [3.05, 3.63) is 0 Å². The van der Waals surface area contributed by atoms with E-state index in [-0.39, 0.29) is 23.3 Å². The zero-order valence-electron chi connectivity index (χ0n) is 17.4. The molecular weight excluding hydrogens is 318 g/mol. The van der Waals surface area contributed by atoms with Gasteiger partial charge in [0, 0.05) is 44.1 Å². The van der Waals surface area contributed by atoms with Gasteiger partial charge >= 0.3 is 0 Å². The van der Waals surface area contributed by atoms with Crippen molar-refractivity contribution in [1.82, 2.24) is 16.0 Å². The van der Waals surface area contributed by atoms with Crippen LogP contribution in [-0.4, -0.2) is 63.5 Å². The van der Waals surface area contributed by atoms with Crippen molar-refractivity contribution in [1.29, 1.82) is 0 Å².